The molecule has 0 aliphatic rings. The fraction of sp³-hybridized carbons (Fsp3) is 0.381. The van der Waals surface area contributed by atoms with Crippen molar-refractivity contribution in [1.82, 2.24) is 4.90 Å². The van der Waals surface area contributed by atoms with E-state index in [2.05, 4.69) is 31.3 Å². The lowest BCUT2D eigenvalue weighted by Crippen LogP contribution is -2.29. The lowest BCUT2D eigenvalue weighted by Gasteiger charge is -2.16. The Morgan fingerprint density at radius 3 is 2.60 bits per heavy atom. The van der Waals surface area contributed by atoms with Crippen LogP contribution in [-0.4, -0.2) is 31.0 Å². The van der Waals surface area contributed by atoms with Gasteiger partial charge in [0.15, 0.2) is 0 Å². The minimum atomic E-state index is -0.0299. The van der Waals surface area contributed by atoms with Crippen LogP contribution in [0.4, 0.5) is 5.69 Å². The summed E-state index contributed by atoms with van der Waals surface area (Å²) < 4.78 is 5.74. The molecular formula is C21H28N2O2. The zero-order valence-corrected chi connectivity index (χ0v) is 15.4. The van der Waals surface area contributed by atoms with E-state index in [0.29, 0.717) is 19.1 Å². The van der Waals surface area contributed by atoms with Crippen LogP contribution >= 0.6 is 0 Å². The number of nitrogens with zero attached hydrogens (tertiary/aromatic N) is 1. The Kier molecular flexibility index (Phi) is 7.48. The van der Waals surface area contributed by atoms with E-state index in [0.717, 1.165) is 24.4 Å². The number of amides is 1. The summed E-state index contributed by atoms with van der Waals surface area (Å²) in [6, 6.07) is 17.7. The van der Waals surface area contributed by atoms with E-state index in [9.17, 15) is 4.79 Å². The first-order valence-corrected chi connectivity index (χ1v) is 8.78. The molecule has 0 spiro atoms. The van der Waals surface area contributed by atoms with Crippen LogP contribution in [0.25, 0.3) is 0 Å². The number of carbonyl (C=O) groups is 1. The molecule has 0 aliphatic heterocycles. The van der Waals surface area contributed by atoms with E-state index in [1.165, 1.54) is 5.56 Å². The molecule has 0 aromatic heterocycles. The van der Waals surface area contributed by atoms with Crippen molar-refractivity contribution in [3.05, 3.63) is 60.2 Å². The van der Waals surface area contributed by atoms with Gasteiger partial charge in [0.2, 0.25) is 5.91 Å². The average molecular weight is 340 g/mol. The molecule has 0 aliphatic carbocycles. The largest absolute Gasteiger partial charge is 0.494 e. The number of rotatable bonds is 9. The fourth-order valence-corrected chi connectivity index (χ4v) is 2.47. The number of hydrogen-bond donors (Lipinski definition) is 1. The van der Waals surface area contributed by atoms with Gasteiger partial charge in [-0.15, -0.1) is 0 Å². The van der Waals surface area contributed by atoms with Gasteiger partial charge in [0.05, 0.1) is 13.2 Å². The number of benzene rings is 2. The smallest absolute Gasteiger partial charge is 0.238 e. The molecule has 0 fully saturated rings. The first-order chi connectivity index (χ1) is 12.0. The third kappa shape index (κ3) is 7.40. The Morgan fingerprint density at radius 1 is 1.12 bits per heavy atom. The third-order valence-electron chi connectivity index (χ3n) is 3.79. The minimum Gasteiger partial charge on any atom is -0.494 e. The van der Waals surface area contributed by atoms with E-state index < -0.39 is 0 Å². The van der Waals surface area contributed by atoms with Crippen molar-refractivity contribution < 1.29 is 9.53 Å². The Balaban J connectivity index is 1.81. The van der Waals surface area contributed by atoms with Crippen LogP contribution in [0, 0.1) is 5.92 Å². The lowest BCUT2D eigenvalue weighted by atomic mass is 10.1. The van der Waals surface area contributed by atoms with E-state index in [1.54, 1.807) is 0 Å². The summed E-state index contributed by atoms with van der Waals surface area (Å²) in [5.74, 6) is 1.37. The monoisotopic (exact) mass is 340 g/mol. The van der Waals surface area contributed by atoms with Crippen molar-refractivity contribution in [3.8, 4) is 5.75 Å². The van der Waals surface area contributed by atoms with Crippen molar-refractivity contribution in [2.45, 2.75) is 26.8 Å². The summed E-state index contributed by atoms with van der Waals surface area (Å²) in [6.07, 6.45) is 1.01. The molecule has 0 unspecified atom stereocenters. The summed E-state index contributed by atoms with van der Waals surface area (Å²) in [7, 11) is 1.94. The maximum absolute atomic E-state index is 12.2. The molecule has 4 heteroatoms. The topological polar surface area (TPSA) is 41.6 Å². The zero-order valence-electron chi connectivity index (χ0n) is 15.4. The first-order valence-electron chi connectivity index (χ1n) is 8.78. The molecule has 2 rings (SSSR count). The Bertz CT molecular complexity index is 656. The van der Waals surface area contributed by atoms with Crippen molar-refractivity contribution >= 4 is 11.6 Å². The molecule has 0 atom stereocenters. The molecule has 1 amide bonds. The van der Waals surface area contributed by atoms with E-state index in [4.69, 9.17) is 4.74 Å². The Labute approximate surface area is 150 Å². The van der Waals surface area contributed by atoms with Crippen molar-refractivity contribution in [2.24, 2.45) is 5.92 Å². The van der Waals surface area contributed by atoms with Gasteiger partial charge in [0.1, 0.15) is 5.75 Å². The number of ether oxygens (including phenoxy) is 1. The first kappa shape index (κ1) is 19.0. The maximum atomic E-state index is 12.2. The normalized spacial score (nSPS) is 10.9. The molecule has 2 aromatic carbocycles. The van der Waals surface area contributed by atoms with Gasteiger partial charge < -0.3 is 10.1 Å². The number of nitrogens with one attached hydrogen (secondary N) is 1. The van der Waals surface area contributed by atoms with Gasteiger partial charge in [0.25, 0.3) is 0 Å². The number of hydrogen-bond acceptors (Lipinski definition) is 3. The van der Waals surface area contributed by atoms with Crippen molar-refractivity contribution in [3.63, 3.8) is 0 Å². The molecule has 0 saturated carbocycles. The van der Waals surface area contributed by atoms with Crippen molar-refractivity contribution in [2.75, 3.05) is 25.5 Å². The highest BCUT2D eigenvalue weighted by Crippen LogP contribution is 2.18. The second kappa shape index (κ2) is 9.84. The van der Waals surface area contributed by atoms with Crippen LogP contribution < -0.4 is 10.1 Å². The summed E-state index contributed by atoms with van der Waals surface area (Å²) in [4.78, 5) is 14.2. The molecule has 0 heterocycles. The quantitative estimate of drug-likeness (QED) is 0.744. The lowest BCUT2D eigenvalue weighted by molar-refractivity contribution is -0.117. The summed E-state index contributed by atoms with van der Waals surface area (Å²) in [5, 5.41) is 2.94. The second-order valence-electron chi connectivity index (χ2n) is 6.76. The van der Waals surface area contributed by atoms with Gasteiger partial charge >= 0.3 is 0 Å². The van der Waals surface area contributed by atoms with Crippen LogP contribution in [0.3, 0.4) is 0 Å². The molecule has 25 heavy (non-hydrogen) atoms. The Morgan fingerprint density at radius 2 is 1.88 bits per heavy atom. The minimum absolute atomic E-state index is 0.0299. The zero-order chi connectivity index (χ0) is 18.1. The molecule has 0 bridgehead atoms. The van der Waals surface area contributed by atoms with Crippen LogP contribution in [-0.2, 0) is 11.3 Å². The fourth-order valence-electron chi connectivity index (χ4n) is 2.47. The predicted octanol–water partition coefficient (Wildman–Crippen LogP) is 4.18. The maximum Gasteiger partial charge on any atom is 0.238 e. The van der Waals surface area contributed by atoms with E-state index in [-0.39, 0.29) is 5.91 Å². The molecule has 134 valence electrons. The summed E-state index contributed by atoms with van der Waals surface area (Å²) in [6.45, 7) is 6.12. The number of anilines is 1. The number of likely N-dealkylation sites (N-methyl/N-ethyl adjacent to an activating group) is 1. The van der Waals surface area contributed by atoms with Gasteiger partial charge in [-0.25, -0.2) is 0 Å². The SMILES string of the molecule is CC(C)CCOc1cccc(NC(=O)CN(C)Cc2ccccc2)c1. The second-order valence-corrected chi connectivity index (χ2v) is 6.76. The third-order valence-corrected chi connectivity index (χ3v) is 3.79. The average Bonchev–Trinajstić information content (AvgIpc) is 2.55. The number of carbonyl (C=O) groups excluding carboxylic acids is 1. The molecule has 2 aromatic rings. The summed E-state index contributed by atoms with van der Waals surface area (Å²) >= 11 is 0. The molecular weight excluding hydrogens is 312 g/mol. The molecule has 0 radical (unpaired) electrons. The van der Waals surface area contributed by atoms with Crippen LogP contribution in [0.15, 0.2) is 54.6 Å². The predicted molar refractivity (Wildman–Crippen MR) is 103 cm³/mol. The molecule has 4 nitrogen and oxygen atoms in total. The summed E-state index contributed by atoms with van der Waals surface area (Å²) in [5.41, 5.74) is 1.96. The molecule has 1 N–H and O–H groups in total. The van der Waals surface area contributed by atoms with Crippen LogP contribution in [0.2, 0.25) is 0 Å². The van der Waals surface area contributed by atoms with Crippen LogP contribution in [0.1, 0.15) is 25.8 Å². The highest BCUT2D eigenvalue weighted by molar-refractivity contribution is 5.92. The van der Waals surface area contributed by atoms with Crippen molar-refractivity contribution in [1.29, 1.82) is 0 Å². The molecule has 0 saturated heterocycles. The van der Waals surface area contributed by atoms with Gasteiger partial charge in [-0.1, -0.05) is 50.2 Å². The van der Waals surface area contributed by atoms with Gasteiger partial charge in [0, 0.05) is 18.3 Å². The highest BCUT2D eigenvalue weighted by atomic mass is 16.5. The van der Waals surface area contributed by atoms with E-state index >= 15 is 0 Å². The highest BCUT2D eigenvalue weighted by Gasteiger charge is 2.08. The Hall–Kier alpha value is -2.33. The van der Waals surface area contributed by atoms with Crippen LogP contribution in [0.5, 0.6) is 5.75 Å². The van der Waals surface area contributed by atoms with Gasteiger partial charge in [-0.3, -0.25) is 9.69 Å². The van der Waals surface area contributed by atoms with Gasteiger partial charge in [-0.05, 0) is 37.1 Å². The van der Waals surface area contributed by atoms with Gasteiger partial charge in [-0.2, -0.15) is 0 Å². The van der Waals surface area contributed by atoms with E-state index in [1.807, 2.05) is 54.4 Å². The standard InChI is InChI=1S/C21H28N2O2/c1-17(2)12-13-25-20-11-7-10-19(14-20)22-21(24)16-23(3)15-18-8-5-4-6-9-18/h4-11,14,17H,12-13,15-16H2,1-3H3,(H,22,24).